The minimum Gasteiger partial charge on any atom is -0.506 e. The monoisotopic (exact) mass is 392 g/mol. The van der Waals surface area contributed by atoms with Gasteiger partial charge in [-0.3, -0.25) is 14.4 Å². The number of benzene rings is 2. The molecule has 1 aliphatic heterocycles. The highest BCUT2D eigenvalue weighted by Crippen LogP contribution is 2.43. The molecule has 0 spiro atoms. The van der Waals surface area contributed by atoms with Crippen LogP contribution in [-0.2, 0) is 9.53 Å². The normalized spacial score (nSPS) is 20.6. The van der Waals surface area contributed by atoms with Gasteiger partial charge in [-0.15, -0.1) is 0 Å². The second kappa shape index (κ2) is 6.58. The molecule has 0 unspecified atom stereocenters. The molecular weight excluding hydrogens is 372 g/mol. The van der Waals surface area contributed by atoms with Crippen LogP contribution in [0.25, 0.3) is 5.76 Å². The number of ketones is 3. The van der Waals surface area contributed by atoms with Crippen LogP contribution >= 0.6 is 0 Å². The zero-order valence-electron chi connectivity index (χ0n) is 16.5. The predicted molar refractivity (Wildman–Crippen MR) is 105 cm³/mol. The standard InChI is InChI=1S/C23H20O6/c1-10-8-14-20(22(26)18(10)17-9-15(24)11(2)12(3)29-17)23(27)19-13(21(14)25)6-5-7-16(19)28-4/h5-9,11-12,26H,1-4H3/t11-,12+/m1/s1. The number of ether oxygens (including phenoxy) is 2. The van der Waals surface area contributed by atoms with Crippen molar-refractivity contribution < 1.29 is 29.0 Å². The maximum absolute atomic E-state index is 13.3. The number of hydrogen-bond donors (Lipinski definition) is 1. The fourth-order valence-electron chi connectivity index (χ4n) is 3.87. The topological polar surface area (TPSA) is 89.9 Å². The van der Waals surface area contributed by atoms with Crippen LogP contribution in [0.15, 0.2) is 30.3 Å². The van der Waals surface area contributed by atoms with Gasteiger partial charge in [0.15, 0.2) is 11.6 Å². The van der Waals surface area contributed by atoms with Gasteiger partial charge in [0, 0.05) is 17.2 Å². The van der Waals surface area contributed by atoms with Gasteiger partial charge in [-0.1, -0.05) is 19.1 Å². The molecule has 148 valence electrons. The lowest BCUT2D eigenvalue weighted by atomic mass is 9.80. The summed E-state index contributed by atoms with van der Waals surface area (Å²) in [5, 5.41) is 11.0. The quantitative estimate of drug-likeness (QED) is 0.718. The number of phenolic OH excluding ortho intramolecular Hbond substituents is 1. The predicted octanol–water partition coefficient (Wildman–Crippen LogP) is 3.45. The third kappa shape index (κ3) is 2.67. The Morgan fingerprint density at radius 3 is 2.38 bits per heavy atom. The Morgan fingerprint density at radius 2 is 1.72 bits per heavy atom. The van der Waals surface area contributed by atoms with Crippen LogP contribution in [0, 0.1) is 12.8 Å². The number of phenols is 1. The summed E-state index contributed by atoms with van der Waals surface area (Å²) in [5.74, 6) is -1.20. The van der Waals surface area contributed by atoms with Crippen molar-refractivity contribution in [3.05, 3.63) is 63.7 Å². The number of carbonyl (C=O) groups excluding carboxylic acids is 3. The molecule has 0 aromatic heterocycles. The highest BCUT2D eigenvalue weighted by Gasteiger charge is 2.37. The fraction of sp³-hybridized carbons (Fsp3) is 0.261. The van der Waals surface area contributed by atoms with E-state index >= 15 is 0 Å². The summed E-state index contributed by atoms with van der Waals surface area (Å²) in [6.45, 7) is 5.24. The van der Waals surface area contributed by atoms with Gasteiger partial charge < -0.3 is 14.6 Å². The van der Waals surface area contributed by atoms with E-state index in [4.69, 9.17) is 9.47 Å². The molecule has 0 saturated heterocycles. The Hall–Kier alpha value is -3.41. The molecule has 0 saturated carbocycles. The van der Waals surface area contributed by atoms with E-state index in [-0.39, 0.29) is 68.7 Å². The summed E-state index contributed by atoms with van der Waals surface area (Å²) < 4.78 is 11.1. The molecule has 2 aromatic carbocycles. The first kappa shape index (κ1) is 18.9. The molecule has 2 aromatic rings. The smallest absolute Gasteiger partial charge is 0.202 e. The van der Waals surface area contributed by atoms with E-state index in [1.54, 1.807) is 45.0 Å². The van der Waals surface area contributed by atoms with Crippen molar-refractivity contribution in [2.75, 3.05) is 7.11 Å². The Morgan fingerprint density at radius 1 is 1.00 bits per heavy atom. The SMILES string of the molecule is COc1cccc2c1C(=O)c1c(cc(C)c(C3=CC(=O)[C@H](C)[C@H](C)O3)c1O)C2=O. The average molecular weight is 392 g/mol. The van der Waals surface area contributed by atoms with Gasteiger partial charge in [-0.2, -0.15) is 0 Å². The summed E-state index contributed by atoms with van der Waals surface area (Å²) in [6.07, 6.45) is 0.957. The number of aryl methyl sites for hydroxylation is 1. The Kier molecular flexibility index (Phi) is 4.30. The summed E-state index contributed by atoms with van der Waals surface area (Å²) in [4.78, 5) is 38.6. The van der Waals surface area contributed by atoms with E-state index in [0.717, 1.165) is 0 Å². The van der Waals surface area contributed by atoms with Crippen molar-refractivity contribution in [1.29, 1.82) is 0 Å². The molecule has 1 aliphatic carbocycles. The summed E-state index contributed by atoms with van der Waals surface area (Å²) in [7, 11) is 1.41. The van der Waals surface area contributed by atoms with Crippen LogP contribution in [0.4, 0.5) is 0 Å². The zero-order valence-corrected chi connectivity index (χ0v) is 16.5. The maximum Gasteiger partial charge on any atom is 0.202 e. The molecule has 2 atom stereocenters. The van der Waals surface area contributed by atoms with Crippen molar-refractivity contribution in [3.8, 4) is 11.5 Å². The van der Waals surface area contributed by atoms with Gasteiger partial charge in [0.25, 0.3) is 0 Å². The Bertz CT molecular complexity index is 1120. The van der Waals surface area contributed by atoms with Gasteiger partial charge in [-0.05, 0) is 31.5 Å². The van der Waals surface area contributed by atoms with Crippen LogP contribution in [0.3, 0.4) is 0 Å². The minimum atomic E-state index is -0.505. The van der Waals surface area contributed by atoms with Crippen molar-refractivity contribution in [2.24, 2.45) is 5.92 Å². The van der Waals surface area contributed by atoms with E-state index < -0.39 is 5.78 Å². The number of rotatable bonds is 2. The molecule has 6 nitrogen and oxygen atoms in total. The van der Waals surface area contributed by atoms with Crippen LogP contribution in [0.1, 0.15) is 56.8 Å². The highest BCUT2D eigenvalue weighted by atomic mass is 16.5. The highest BCUT2D eigenvalue weighted by molar-refractivity contribution is 6.30. The van der Waals surface area contributed by atoms with E-state index in [9.17, 15) is 19.5 Å². The van der Waals surface area contributed by atoms with Crippen LogP contribution in [-0.4, -0.2) is 35.7 Å². The summed E-state index contributed by atoms with van der Waals surface area (Å²) >= 11 is 0. The molecule has 0 bridgehead atoms. The van der Waals surface area contributed by atoms with Crippen LogP contribution in [0.5, 0.6) is 11.5 Å². The van der Waals surface area contributed by atoms with Crippen molar-refractivity contribution in [1.82, 2.24) is 0 Å². The van der Waals surface area contributed by atoms with E-state index in [1.807, 2.05) is 0 Å². The summed E-state index contributed by atoms with van der Waals surface area (Å²) in [6, 6.07) is 6.36. The van der Waals surface area contributed by atoms with Gasteiger partial charge in [0.05, 0.1) is 29.7 Å². The number of hydrogen-bond acceptors (Lipinski definition) is 6. The number of allylic oxidation sites excluding steroid dienone is 1. The van der Waals surface area contributed by atoms with Crippen molar-refractivity contribution in [3.63, 3.8) is 0 Å². The lowest BCUT2D eigenvalue weighted by Gasteiger charge is -2.28. The molecule has 6 heteroatoms. The molecule has 1 heterocycles. The molecule has 4 rings (SSSR count). The zero-order chi connectivity index (χ0) is 21.0. The van der Waals surface area contributed by atoms with Gasteiger partial charge in [0.1, 0.15) is 23.4 Å². The molecule has 0 amide bonds. The lowest BCUT2D eigenvalue weighted by molar-refractivity contribution is -0.121. The second-order valence-electron chi connectivity index (χ2n) is 7.40. The third-order valence-electron chi connectivity index (χ3n) is 5.67. The average Bonchev–Trinajstić information content (AvgIpc) is 2.69. The first-order valence-corrected chi connectivity index (χ1v) is 9.31. The summed E-state index contributed by atoms with van der Waals surface area (Å²) in [5.41, 5.74) is 1.16. The van der Waals surface area contributed by atoms with E-state index in [0.29, 0.717) is 5.56 Å². The third-order valence-corrected chi connectivity index (χ3v) is 5.67. The lowest BCUT2D eigenvalue weighted by Crippen LogP contribution is -2.29. The number of methoxy groups -OCH3 is 1. The first-order valence-electron chi connectivity index (χ1n) is 9.31. The maximum atomic E-state index is 13.3. The van der Waals surface area contributed by atoms with Gasteiger partial charge >= 0.3 is 0 Å². The van der Waals surface area contributed by atoms with Crippen molar-refractivity contribution >= 4 is 23.1 Å². The first-order chi connectivity index (χ1) is 13.8. The molecule has 1 N–H and O–H groups in total. The van der Waals surface area contributed by atoms with Crippen molar-refractivity contribution in [2.45, 2.75) is 26.9 Å². The molecule has 2 aliphatic rings. The number of carbonyl (C=O) groups is 3. The van der Waals surface area contributed by atoms with Crippen LogP contribution in [0.2, 0.25) is 0 Å². The van der Waals surface area contributed by atoms with Gasteiger partial charge in [0.2, 0.25) is 5.78 Å². The largest absolute Gasteiger partial charge is 0.506 e. The molecule has 0 radical (unpaired) electrons. The van der Waals surface area contributed by atoms with Gasteiger partial charge in [-0.25, -0.2) is 0 Å². The van der Waals surface area contributed by atoms with Crippen LogP contribution < -0.4 is 4.74 Å². The fourth-order valence-corrected chi connectivity index (χ4v) is 3.87. The molecular formula is C23H20O6. The van der Waals surface area contributed by atoms with E-state index in [1.165, 1.54) is 13.2 Å². The Balaban J connectivity index is 1.96. The second-order valence-corrected chi connectivity index (χ2v) is 7.40. The number of aromatic hydroxyl groups is 1. The Labute approximate surface area is 167 Å². The van der Waals surface area contributed by atoms with E-state index in [2.05, 4.69) is 0 Å². The minimum absolute atomic E-state index is 0.101. The molecule has 29 heavy (non-hydrogen) atoms. The number of fused-ring (bicyclic) bond motifs is 2. The molecule has 0 fully saturated rings.